The second-order valence-electron chi connectivity index (χ2n) is 4.09. The van der Waals surface area contributed by atoms with E-state index < -0.39 is 0 Å². The summed E-state index contributed by atoms with van der Waals surface area (Å²) in [5.41, 5.74) is 3.68. The fourth-order valence-corrected chi connectivity index (χ4v) is 1.58. The second-order valence-corrected chi connectivity index (χ2v) is 4.09. The summed E-state index contributed by atoms with van der Waals surface area (Å²) < 4.78 is 0. The highest BCUT2D eigenvalue weighted by molar-refractivity contribution is 6.04. The maximum absolute atomic E-state index is 11.6. The number of carbonyl (C=O) groups excluding carboxylic acids is 1. The lowest BCUT2D eigenvalue weighted by Crippen LogP contribution is -1.91. The summed E-state index contributed by atoms with van der Waals surface area (Å²) in [5.74, 6) is 0.0235. The standard InChI is InChI=1S/C16H20O/c1-2-3-4-5-6-7-11-14-16(17)15-12-9-8-10-13-15/h7-10,12-14H,2-6H2,1H3. The minimum Gasteiger partial charge on any atom is -0.289 e. The van der Waals surface area contributed by atoms with E-state index in [1.165, 1.54) is 31.8 Å². The molecular formula is C16H20O. The summed E-state index contributed by atoms with van der Waals surface area (Å²) in [6.45, 7) is 2.20. The van der Waals surface area contributed by atoms with Crippen LogP contribution in [0, 0.1) is 0 Å². The van der Waals surface area contributed by atoms with Gasteiger partial charge in [0, 0.05) is 11.6 Å². The van der Waals surface area contributed by atoms with Gasteiger partial charge in [-0.25, -0.2) is 0 Å². The number of ketones is 1. The molecule has 0 atom stereocenters. The number of allylic oxidation sites excluding steroid dienone is 1. The van der Waals surface area contributed by atoms with Crippen LogP contribution in [0.2, 0.25) is 0 Å². The molecular weight excluding hydrogens is 208 g/mol. The normalized spacial score (nSPS) is 9.47. The van der Waals surface area contributed by atoms with Crippen molar-refractivity contribution in [2.24, 2.45) is 0 Å². The molecule has 1 aromatic rings. The van der Waals surface area contributed by atoms with Crippen LogP contribution in [0.25, 0.3) is 0 Å². The minimum absolute atomic E-state index is 0.0235. The Kier molecular flexibility index (Phi) is 6.78. The number of rotatable bonds is 7. The van der Waals surface area contributed by atoms with E-state index in [-0.39, 0.29) is 5.78 Å². The molecule has 0 aliphatic heterocycles. The monoisotopic (exact) mass is 228 g/mol. The molecule has 0 aliphatic rings. The minimum atomic E-state index is 0.0235. The van der Waals surface area contributed by atoms with Crippen LogP contribution in [0.5, 0.6) is 0 Å². The highest BCUT2D eigenvalue weighted by atomic mass is 16.1. The largest absolute Gasteiger partial charge is 0.289 e. The first-order chi connectivity index (χ1) is 8.34. The molecule has 0 aromatic heterocycles. The van der Waals surface area contributed by atoms with Gasteiger partial charge in [0.25, 0.3) is 0 Å². The molecule has 0 radical (unpaired) electrons. The molecule has 0 N–H and O–H groups in total. The molecule has 0 heterocycles. The first-order valence-electron chi connectivity index (χ1n) is 6.35. The van der Waals surface area contributed by atoms with Crippen molar-refractivity contribution < 1.29 is 4.79 Å². The van der Waals surface area contributed by atoms with E-state index in [4.69, 9.17) is 0 Å². The van der Waals surface area contributed by atoms with Crippen LogP contribution in [0.1, 0.15) is 49.4 Å². The van der Waals surface area contributed by atoms with Gasteiger partial charge in [0.15, 0.2) is 5.78 Å². The van der Waals surface area contributed by atoms with Gasteiger partial charge in [0.05, 0.1) is 0 Å². The maximum atomic E-state index is 11.6. The Balaban J connectivity index is 2.33. The summed E-state index contributed by atoms with van der Waals surface area (Å²) in [5, 5.41) is 0. The second kappa shape index (κ2) is 8.55. The third kappa shape index (κ3) is 5.89. The van der Waals surface area contributed by atoms with E-state index in [2.05, 4.69) is 12.7 Å². The van der Waals surface area contributed by atoms with Gasteiger partial charge in [0.2, 0.25) is 0 Å². The molecule has 1 aromatic carbocycles. The van der Waals surface area contributed by atoms with Crippen molar-refractivity contribution >= 4 is 5.78 Å². The van der Waals surface area contributed by atoms with E-state index in [9.17, 15) is 4.79 Å². The molecule has 0 bridgehead atoms. The third-order valence-corrected chi connectivity index (χ3v) is 2.59. The van der Waals surface area contributed by atoms with Crippen molar-refractivity contribution in [2.45, 2.75) is 39.0 Å². The van der Waals surface area contributed by atoms with Crippen molar-refractivity contribution in [1.29, 1.82) is 0 Å². The van der Waals surface area contributed by atoms with E-state index in [0.717, 1.165) is 12.0 Å². The molecule has 1 nitrogen and oxygen atoms in total. The van der Waals surface area contributed by atoms with E-state index in [0.29, 0.717) is 0 Å². The third-order valence-electron chi connectivity index (χ3n) is 2.59. The first kappa shape index (κ1) is 13.5. The average Bonchev–Trinajstić information content (AvgIpc) is 2.38. The number of benzene rings is 1. The molecule has 0 saturated heterocycles. The Hall–Kier alpha value is -1.59. The molecule has 0 amide bonds. The summed E-state index contributed by atoms with van der Waals surface area (Å²) in [4.78, 5) is 11.6. The van der Waals surface area contributed by atoms with Gasteiger partial charge in [-0.1, -0.05) is 56.5 Å². The highest BCUT2D eigenvalue weighted by Gasteiger charge is 1.97. The van der Waals surface area contributed by atoms with Crippen molar-refractivity contribution in [3.05, 3.63) is 53.8 Å². The number of hydrogen-bond acceptors (Lipinski definition) is 1. The molecule has 0 unspecified atom stereocenters. The molecule has 90 valence electrons. The van der Waals surface area contributed by atoms with Gasteiger partial charge < -0.3 is 0 Å². The predicted octanol–water partition coefficient (Wildman–Crippen LogP) is 4.55. The van der Waals surface area contributed by atoms with E-state index in [1.807, 2.05) is 36.4 Å². The van der Waals surface area contributed by atoms with Crippen molar-refractivity contribution in [1.82, 2.24) is 0 Å². The van der Waals surface area contributed by atoms with Gasteiger partial charge >= 0.3 is 0 Å². The molecule has 1 rings (SSSR count). The number of hydrogen-bond donors (Lipinski definition) is 0. The Morgan fingerprint density at radius 3 is 2.65 bits per heavy atom. The lowest BCUT2D eigenvalue weighted by molar-refractivity contribution is 0.104. The summed E-state index contributed by atoms with van der Waals surface area (Å²) in [6, 6.07) is 9.29. The highest BCUT2D eigenvalue weighted by Crippen LogP contribution is 2.03. The maximum Gasteiger partial charge on any atom is 0.193 e. The SMILES string of the molecule is CCCCCCC=C=CC(=O)c1ccccc1. The van der Waals surface area contributed by atoms with Crippen molar-refractivity contribution in [2.75, 3.05) is 0 Å². The molecule has 0 fully saturated rings. The van der Waals surface area contributed by atoms with Gasteiger partial charge in [-0.15, -0.1) is 5.73 Å². The fourth-order valence-electron chi connectivity index (χ4n) is 1.58. The smallest absolute Gasteiger partial charge is 0.193 e. The lowest BCUT2D eigenvalue weighted by Gasteiger charge is -1.93. The molecule has 17 heavy (non-hydrogen) atoms. The quantitative estimate of drug-likeness (QED) is 0.289. The zero-order valence-corrected chi connectivity index (χ0v) is 10.5. The topological polar surface area (TPSA) is 17.1 Å². The Labute approximate surface area is 104 Å². The Morgan fingerprint density at radius 1 is 1.18 bits per heavy atom. The van der Waals surface area contributed by atoms with Crippen LogP contribution in [0.3, 0.4) is 0 Å². The summed E-state index contributed by atoms with van der Waals surface area (Å²) in [7, 11) is 0. The first-order valence-corrected chi connectivity index (χ1v) is 6.35. The van der Waals surface area contributed by atoms with Crippen LogP contribution < -0.4 is 0 Å². The summed E-state index contributed by atoms with van der Waals surface area (Å²) >= 11 is 0. The average molecular weight is 228 g/mol. The van der Waals surface area contributed by atoms with Crippen LogP contribution in [0.15, 0.2) is 48.2 Å². The number of carbonyl (C=O) groups is 1. The zero-order valence-electron chi connectivity index (χ0n) is 10.5. The molecule has 0 aliphatic carbocycles. The Morgan fingerprint density at radius 2 is 1.94 bits per heavy atom. The summed E-state index contributed by atoms with van der Waals surface area (Å²) in [6.07, 6.45) is 9.49. The zero-order chi connectivity index (χ0) is 12.3. The van der Waals surface area contributed by atoms with Crippen LogP contribution in [-0.4, -0.2) is 5.78 Å². The van der Waals surface area contributed by atoms with Gasteiger partial charge in [-0.3, -0.25) is 4.79 Å². The van der Waals surface area contributed by atoms with Crippen LogP contribution in [-0.2, 0) is 0 Å². The molecule has 0 spiro atoms. The molecule has 1 heteroatoms. The Bertz CT molecular complexity index is 383. The predicted molar refractivity (Wildman–Crippen MR) is 72.2 cm³/mol. The van der Waals surface area contributed by atoms with Crippen LogP contribution in [0.4, 0.5) is 0 Å². The van der Waals surface area contributed by atoms with Crippen molar-refractivity contribution in [3.8, 4) is 0 Å². The van der Waals surface area contributed by atoms with E-state index >= 15 is 0 Å². The molecule has 0 saturated carbocycles. The lowest BCUT2D eigenvalue weighted by atomic mass is 10.1. The van der Waals surface area contributed by atoms with Gasteiger partial charge in [-0.05, 0) is 18.9 Å². The fraction of sp³-hybridized carbons (Fsp3) is 0.375. The van der Waals surface area contributed by atoms with Gasteiger partial charge in [-0.2, -0.15) is 0 Å². The van der Waals surface area contributed by atoms with Crippen molar-refractivity contribution in [3.63, 3.8) is 0 Å². The van der Waals surface area contributed by atoms with Crippen LogP contribution >= 0.6 is 0 Å². The van der Waals surface area contributed by atoms with E-state index in [1.54, 1.807) is 0 Å². The van der Waals surface area contributed by atoms with Gasteiger partial charge in [0.1, 0.15) is 0 Å². The number of unbranched alkanes of at least 4 members (excludes halogenated alkanes) is 4.